The van der Waals surface area contributed by atoms with Gasteiger partial charge in [-0.25, -0.2) is 4.79 Å². The van der Waals surface area contributed by atoms with Crippen molar-refractivity contribution in [2.75, 3.05) is 44.2 Å². The third-order valence-electron chi connectivity index (χ3n) is 5.58. The molecule has 0 aliphatic carbocycles. The molecule has 4 heterocycles. The van der Waals surface area contributed by atoms with E-state index in [1.54, 1.807) is 6.20 Å². The third kappa shape index (κ3) is 2.97. The summed E-state index contributed by atoms with van der Waals surface area (Å²) >= 11 is 0. The molecule has 2 aliphatic heterocycles. The van der Waals surface area contributed by atoms with Gasteiger partial charge in [0.2, 0.25) is 0 Å². The lowest BCUT2D eigenvalue weighted by Gasteiger charge is -2.32. The highest BCUT2D eigenvalue weighted by Crippen LogP contribution is 2.25. The molecule has 2 aliphatic rings. The predicted molar refractivity (Wildman–Crippen MR) is 100 cm³/mol. The normalized spacial score (nSPS) is 21.4. The lowest BCUT2D eigenvalue weighted by molar-refractivity contribution is 0.0694. The Balaban J connectivity index is 1.62. The van der Waals surface area contributed by atoms with Crippen molar-refractivity contribution in [2.24, 2.45) is 0 Å². The summed E-state index contributed by atoms with van der Waals surface area (Å²) in [5.41, 5.74) is 1.98. The van der Waals surface area contributed by atoms with Crippen molar-refractivity contribution in [3.8, 4) is 0 Å². The van der Waals surface area contributed by atoms with Crippen LogP contribution < -0.4 is 15.8 Å². The molecular formula is C19H24N4O3. The van der Waals surface area contributed by atoms with Crippen molar-refractivity contribution in [3.63, 3.8) is 0 Å². The molecule has 7 heteroatoms. The highest BCUT2D eigenvalue weighted by Gasteiger charge is 2.28. The number of carboxylic acids is 1. The molecule has 1 atom stereocenters. The number of pyridine rings is 2. The Morgan fingerprint density at radius 2 is 2.00 bits per heavy atom. The molecule has 0 radical (unpaired) electrons. The molecule has 0 saturated carbocycles. The van der Waals surface area contributed by atoms with Crippen LogP contribution in [-0.4, -0.2) is 65.7 Å². The number of aryl methyl sites for hydroxylation is 1. The maximum atomic E-state index is 12.4. The molecule has 2 saturated heterocycles. The number of aromatic nitrogens is 1. The first-order valence-corrected chi connectivity index (χ1v) is 9.13. The number of piperazine rings is 1. The fraction of sp³-hybridized carbons (Fsp3) is 0.474. The maximum Gasteiger partial charge on any atom is 0.341 e. The number of nitrogens with zero attached hydrogens (tertiary/aromatic N) is 3. The zero-order chi connectivity index (χ0) is 18.3. The zero-order valence-corrected chi connectivity index (χ0v) is 14.9. The maximum absolute atomic E-state index is 12.4. The zero-order valence-electron chi connectivity index (χ0n) is 14.9. The van der Waals surface area contributed by atoms with Gasteiger partial charge in [-0.2, -0.15) is 0 Å². The number of hydrogen-bond acceptors (Lipinski definition) is 5. The second-order valence-electron chi connectivity index (χ2n) is 7.17. The van der Waals surface area contributed by atoms with E-state index in [4.69, 9.17) is 0 Å². The molecule has 138 valence electrons. The molecule has 2 aromatic rings. The van der Waals surface area contributed by atoms with Crippen LogP contribution in [0.4, 0.5) is 5.69 Å². The van der Waals surface area contributed by atoms with Gasteiger partial charge >= 0.3 is 5.97 Å². The summed E-state index contributed by atoms with van der Waals surface area (Å²) in [5.74, 6) is -1.19. The van der Waals surface area contributed by atoms with Gasteiger partial charge in [-0.05, 0) is 37.1 Å². The average molecular weight is 356 g/mol. The van der Waals surface area contributed by atoms with E-state index in [2.05, 4.69) is 15.1 Å². The van der Waals surface area contributed by atoms with Crippen LogP contribution in [0.3, 0.4) is 0 Å². The topological polar surface area (TPSA) is 77.3 Å². The monoisotopic (exact) mass is 356 g/mol. The van der Waals surface area contributed by atoms with Crippen LogP contribution in [0.15, 0.2) is 29.2 Å². The van der Waals surface area contributed by atoms with Gasteiger partial charge in [0.25, 0.3) is 5.56 Å². The Hall–Kier alpha value is -2.38. The van der Waals surface area contributed by atoms with Crippen LogP contribution in [-0.2, 0) is 0 Å². The Morgan fingerprint density at radius 1 is 1.23 bits per heavy atom. The largest absolute Gasteiger partial charge is 0.477 e. The van der Waals surface area contributed by atoms with E-state index in [1.807, 2.05) is 19.1 Å². The van der Waals surface area contributed by atoms with Gasteiger partial charge in [0.05, 0.1) is 5.52 Å². The van der Waals surface area contributed by atoms with Crippen LogP contribution in [0.5, 0.6) is 0 Å². The van der Waals surface area contributed by atoms with Gasteiger partial charge in [0.1, 0.15) is 5.56 Å². The number of carbonyl (C=O) groups is 1. The minimum absolute atomic E-state index is 0.187. The van der Waals surface area contributed by atoms with Crippen LogP contribution in [0.2, 0.25) is 0 Å². The van der Waals surface area contributed by atoms with Crippen LogP contribution >= 0.6 is 0 Å². The van der Waals surface area contributed by atoms with Crippen molar-refractivity contribution in [3.05, 3.63) is 45.9 Å². The first-order chi connectivity index (χ1) is 12.5. The molecule has 1 unspecified atom stereocenters. The van der Waals surface area contributed by atoms with Gasteiger partial charge in [-0.3, -0.25) is 14.1 Å². The van der Waals surface area contributed by atoms with Gasteiger partial charge in [-0.1, -0.05) is 0 Å². The second-order valence-corrected chi connectivity index (χ2v) is 7.17. The Kier molecular flexibility index (Phi) is 4.42. The minimum Gasteiger partial charge on any atom is -0.477 e. The Morgan fingerprint density at radius 3 is 2.73 bits per heavy atom. The van der Waals surface area contributed by atoms with E-state index in [0.717, 1.165) is 62.5 Å². The quantitative estimate of drug-likeness (QED) is 0.847. The lowest BCUT2D eigenvalue weighted by Crippen LogP contribution is -2.49. The molecule has 0 aromatic carbocycles. The van der Waals surface area contributed by atoms with Crippen molar-refractivity contribution in [1.29, 1.82) is 0 Å². The number of nitrogens with one attached hydrogen (secondary N) is 1. The van der Waals surface area contributed by atoms with Gasteiger partial charge < -0.3 is 15.3 Å². The van der Waals surface area contributed by atoms with Crippen molar-refractivity contribution in [1.82, 2.24) is 14.6 Å². The number of carboxylic acid groups (broad SMARTS) is 1. The van der Waals surface area contributed by atoms with Crippen LogP contribution in [0.25, 0.3) is 5.52 Å². The number of fused-ring (bicyclic) bond motifs is 1. The van der Waals surface area contributed by atoms with Gasteiger partial charge in [0, 0.05) is 57.2 Å². The van der Waals surface area contributed by atoms with Crippen molar-refractivity contribution < 1.29 is 9.90 Å². The average Bonchev–Trinajstić information content (AvgIpc) is 3.15. The number of aromatic carboxylic acids is 1. The minimum atomic E-state index is -1.19. The SMILES string of the molecule is Cc1cc(C(=O)O)c(=O)n2ccc(N3CCC(N4CCNCC4)C3)cc12. The van der Waals surface area contributed by atoms with Gasteiger partial charge in [0.15, 0.2) is 0 Å². The highest BCUT2D eigenvalue weighted by molar-refractivity contribution is 5.88. The number of rotatable bonds is 3. The molecule has 0 spiro atoms. The van der Waals surface area contributed by atoms with E-state index >= 15 is 0 Å². The standard InChI is InChI=1S/C19H24N4O3/c1-13-10-16(19(25)26)18(24)23-7-3-14(11-17(13)23)22-6-2-15(12-22)21-8-4-20-5-9-21/h3,7,10-11,15,20H,2,4-6,8-9,12H2,1H3,(H,25,26). The molecule has 26 heavy (non-hydrogen) atoms. The number of anilines is 1. The van der Waals surface area contributed by atoms with E-state index in [1.165, 1.54) is 10.5 Å². The first-order valence-electron chi connectivity index (χ1n) is 9.13. The summed E-state index contributed by atoms with van der Waals surface area (Å²) in [7, 11) is 0. The van der Waals surface area contributed by atoms with Crippen LogP contribution in [0.1, 0.15) is 22.3 Å². The fourth-order valence-corrected chi connectivity index (χ4v) is 4.12. The fourth-order valence-electron chi connectivity index (χ4n) is 4.12. The predicted octanol–water partition coefficient (Wildman–Crippen LogP) is 0.790. The summed E-state index contributed by atoms with van der Waals surface area (Å²) in [6.45, 7) is 8.15. The number of hydrogen-bond donors (Lipinski definition) is 2. The van der Waals surface area contributed by atoms with Crippen LogP contribution in [0, 0.1) is 6.92 Å². The van der Waals surface area contributed by atoms with Crippen molar-refractivity contribution in [2.45, 2.75) is 19.4 Å². The summed E-state index contributed by atoms with van der Waals surface area (Å²) in [6, 6.07) is 5.96. The Labute approximate surface area is 151 Å². The molecule has 4 rings (SSSR count). The molecule has 0 amide bonds. The summed E-state index contributed by atoms with van der Waals surface area (Å²) in [5, 5.41) is 12.6. The smallest absolute Gasteiger partial charge is 0.341 e. The molecule has 2 fully saturated rings. The highest BCUT2D eigenvalue weighted by atomic mass is 16.4. The van der Waals surface area contributed by atoms with E-state index < -0.39 is 11.5 Å². The van der Waals surface area contributed by atoms with E-state index in [-0.39, 0.29) is 5.56 Å². The molecule has 0 bridgehead atoms. The lowest BCUT2D eigenvalue weighted by atomic mass is 10.1. The summed E-state index contributed by atoms with van der Waals surface area (Å²) < 4.78 is 1.44. The van der Waals surface area contributed by atoms with E-state index in [0.29, 0.717) is 6.04 Å². The molecule has 2 N–H and O–H groups in total. The van der Waals surface area contributed by atoms with Gasteiger partial charge in [-0.15, -0.1) is 0 Å². The van der Waals surface area contributed by atoms with E-state index in [9.17, 15) is 14.7 Å². The second kappa shape index (κ2) is 6.74. The van der Waals surface area contributed by atoms with Crippen molar-refractivity contribution >= 4 is 17.2 Å². The molecule has 7 nitrogen and oxygen atoms in total. The summed E-state index contributed by atoms with van der Waals surface area (Å²) in [4.78, 5) is 28.5. The Bertz CT molecular complexity index is 902. The third-order valence-corrected chi connectivity index (χ3v) is 5.58. The summed E-state index contributed by atoms with van der Waals surface area (Å²) in [6.07, 6.45) is 2.85. The molecule has 2 aromatic heterocycles. The first kappa shape index (κ1) is 17.1. The molecular weight excluding hydrogens is 332 g/mol.